The number of hydrogen-bond donors (Lipinski definition) is 1. The van der Waals surface area contributed by atoms with E-state index in [-0.39, 0.29) is 6.23 Å². The molecule has 0 saturated carbocycles. The van der Waals surface area contributed by atoms with E-state index in [0.29, 0.717) is 6.23 Å². The first-order valence-electron chi connectivity index (χ1n) is 3.90. The topological polar surface area (TPSA) is 24.3 Å². The van der Waals surface area contributed by atoms with Gasteiger partial charge in [0.25, 0.3) is 0 Å². The van der Waals surface area contributed by atoms with Gasteiger partial charge in [0.05, 0.1) is 0 Å². The fraction of sp³-hybridized carbons (Fsp3) is 1.00. The molecule has 1 aliphatic rings. The van der Waals surface area contributed by atoms with Crippen molar-refractivity contribution in [3.8, 4) is 0 Å². The molecule has 0 radical (unpaired) electrons. The molecule has 3 nitrogen and oxygen atoms in total. The molecule has 0 aliphatic carbocycles. The van der Waals surface area contributed by atoms with Gasteiger partial charge in [0.2, 0.25) is 0 Å². The van der Waals surface area contributed by atoms with Crippen LogP contribution in [-0.2, 0) is 4.74 Å². The van der Waals surface area contributed by atoms with Gasteiger partial charge in [-0.2, -0.15) is 0 Å². The van der Waals surface area contributed by atoms with E-state index in [1.54, 1.807) is 0 Å². The lowest BCUT2D eigenvalue weighted by molar-refractivity contribution is 0.0111. The maximum atomic E-state index is 5.59. The second kappa shape index (κ2) is 4.59. The van der Waals surface area contributed by atoms with Crippen molar-refractivity contribution < 1.29 is 4.74 Å². The minimum absolute atomic E-state index is 0.180. The van der Waals surface area contributed by atoms with E-state index in [4.69, 9.17) is 4.74 Å². The minimum Gasteiger partial charge on any atom is -0.344 e. The van der Waals surface area contributed by atoms with Gasteiger partial charge >= 0.3 is 0 Å². The Hall–Kier alpha value is 0.610. The van der Waals surface area contributed by atoms with Gasteiger partial charge in [-0.3, -0.25) is 10.2 Å². The molecule has 1 fully saturated rings. The summed E-state index contributed by atoms with van der Waals surface area (Å²) in [5, 5.41) is 3.05. The largest absolute Gasteiger partial charge is 0.344 e. The molecule has 11 heavy (non-hydrogen) atoms. The highest BCUT2D eigenvalue weighted by atomic mass is 127. The van der Waals surface area contributed by atoms with E-state index in [0.717, 1.165) is 13.1 Å². The number of alkyl halides is 1. The lowest BCUT2D eigenvalue weighted by Gasteiger charge is -2.10. The lowest BCUT2D eigenvalue weighted by Crippen LogP contribution is -2.27. The van der Waals surface area contributed by atoms with Crippen LogP contribution in [0.3, 0.4) is 0 Å². The Labute approximate surface area is 81.6 Å². The number of rotatable bonds is 5. The molecule has 66 valence electrons. The van der Waals surface area contributed by atoms with Gasteiger partial charge < -0.3 is 4.74 Å². The summed E-state index contributed by atoms with van der Waals surface area (Å²) in [4.78, 5) is 2.32. The Morgan fingerprint density at radius 3 is 3.09 bits per heavy atom. The molecule has 3 atom stereocenters. The zero-order chi connectivity index (χ0) is 8.27. The van der Waals surface area contributed by atoms with Crippen molar-refractivity contribution in [2.75, 3.05) is 24.6 Å². The Morgan fingerprint density at radius 1 is 1.82 bits per heavy atom. The quantitative estimate of drug-likeness (QED) is 0.343. The van der Waals surface area contributed by atoms with E-state index < -0.39 is 0 Å². The Kier molecular flexibility index (Phi) is 4.05. The number of ether oxygens (including phenoxy) is 1. The zero-order valence-corrected chi connectivity index (χ0v) is 9.17. The van der Waals surface area contributed by atoms with Crippen molar-refractivity contribution in [3.63, 3.8) is 0 Å². The standard InChI is InChI=1S/C7H15IN2O/c1-6(9-2)11-7-5-10(7)4-3-8/h6-7,9H,3-5H2,1-2H3. The third-order valence-electron chi connectivity index (χ3n) is 1.80. The smallest absolute Gasteiger partial charge is 0.125 e. The first-order valence-corrected chi connectivity index (χ1v) is 5.43. The normalized spacial score (nSPS) is 31.9. The van der Waals surface area contributed by atoms with Crippen LogP contribution < -0.4 is 5.32 Å². The second-order valence-electron chi connectivity index (χ2n) is 2.71. The highest BCUT2D eigenvalue weighted by molar-refractivity contribution is 14.1. The van der Waals surface area contributed by atoms with Crippen molar-refractivity contribution in [2.24, 2.45) is 0 Å². The van der Waals surface area contributed by atoms with Crippen LogP contribution in [-0.4, -0.2) is 41.9 Å². The third kappa shape index (κ3) is 3.23. The molecule has 0 aromatic carbocycles. The van der Waals surface area contributed by atoms with Gasteiger partial charge in [-0.1, -0.05) is 22.6 Å². The van der Waals surface area contributed by atoms with Crippen LogP contribution in [0, 0.1) is 0 Å². The molecule has 3 unspecified atom stereocenters. The first kappa shape index (κ1) is 9.70. The highest BCUT2D eigenvalue weighted by Crippen LogP contribution is 2.18. The Balaban J connectivity index is 2.03. The van der Waals surface area contributed by atoms with E-state index >= 15 is 0 Å². The number of halogens is 1. The summed E-state index contributed by atoms with van der Waals surface area (Å²) >= 11 is 2.38. The van der Waals surface area contributed by atoms with Gasteiger partial charge in [0, 0.05) is 17.5 Å². The molecule has 1 N–H and O–H groups in total. The van der Waals surface area contributed by atoms with Crippen LogP contribution in [0.1, 0.15) is 6.92 Å². The summed E-state index contributed by atoms with van der Waals surface area (Å²) in [6, 6.07) is 0. The predicted octanol–water partition coefficient (Wildman–Crippen LogP) is 0.645. The maximum absolute atomic E-state index is 5.59. The van der Waals surface area contributed by atoms with Gasteiger partial charge in [-0.05, 0) is 14.0 Å². The van der Waals surface area contributed by atoms with Crippen LogP contribution in [0.4, 0.5) is 0 Å². The molecular formula is C7H15IN2O. The molecule has 1 heterocycles. The number of nitrogens with zero attached hydrogens (tertiary/aromatic N) is 1. The molecule has 0 spiro atoms. The van der Waals surface area contributed by atoms with Gasteiger partial charge in [-0.25, -0.2) is 0 Å². The van der Waals surface area contributed by atoms with Crippen LogP contribution in [0.5, 0.6) is 0 Å². The Bertz CT molecular complexity index is 123. The monoisotopic (exact) mass is 270 g/mol. The summed E-state index contributed by atoms with van der Waals surface area (Å²) in [5.74, 6) is 0. The first-order chi connectivity index (χ1) is 5.27. The van der Waals surface area contributed by atoms with Crippen molar-refractivity contribution in [1.29, 1.82) is 0 Å². The van der Waals surface area contributed by atoms with Crippen molar-refractivity contribution >= 4 is 22.6 Å². The van der Waals surface area contributed by atoms with E-state index in [2.05, 4.69) is 32.8 Å². The van der Waals surface area contributed by atoms with Crippen molar-refractivity contribution in [1.82, 2.24) is 10.2 Å². The summed E-state index contributed by atoms with van der Waals surface area (Å²) in [5.41, 5.74) is 0. The Morgan fingerprint density at radius 2 is 2.55 bits per heavy atom. The van der Waals surface area contributed by atoms with Crippen LogP contribution in [0.2, 0.25) is 0 Å². The van der Waals surface area contributed by atoms with E-state index in [9.17, 15) is 0 Å². The van der Waals surface area contributed by atoms with Crippen molar-refractivity contribution in [2.45, 2.75) is 19.4 Å². The summed E-state index contributed by atoms with van der Waals surface area (Å²) < 4.78 is 6.77. The molecular weight excluding hydrogens is 255 g/mol. The fourth-order valence-corrected chi connectivity index (χ4v) is 1.55. The average molecular weight is 270 g/mol. The minimum atomic E-state index is 0.180. The summed E-state index contributed by atoms with van der Waals surface area (Å²) in [6.07, 6.45) is 0.562. The summed E-state index contributed by atoms with van der Waals surface area (Å²) in [7, 11) is 1.91. The van der Waals surface area contributed by atoms with Crippen molar-refractivity contribution in [3.05, 3.63) is 0 Å². The fourth-order valence-electron chi connectivity index (χ4n) is 0.930. The van der Waals surface area contributed by atoms with Crippen LogP contribution >= 0.6 is 22.6 Å². The zero-order valence-electron chi connectivity index (χ0n) is 7.01. The molecule has 0 aromatic rings. The van der Waals surface area contributed by atoms with Gasteiger partial charge in [0.15, 0.2) is 0 Å². The highest BCUT2D eigenvalue weighted by Gasteiger charge is 2.34. The van der Waals surface area contributed by atoms with E-state index in [1.807, 2.05) is 14.0 Å². The SMILES string of the molecule is CNC(C)OC1CN1CCI. The predicted molar refractivity (Wildman–Crippen MR) is 53.9 cm³/mol. The van der Waals surface area contributed by atoms with Crippen LogP contribution in [0.15, 0.2) is 0 Å². The number of hydrogen-bond acceptors (Lipinski definition) is 3. The summed E-state index contributed by atoms with van der Waals surface area (Å²) in [6.45, 7) is 4.29. The number of nitrogens with one attached hydrogen (secondary N) is 1. The molecule has 0 amide bonds. The molecule has 1 saturated heterocycles. The van der Waals surface area contributed by atoms with Gasteiger partial charge in [-0.15, -0.1) is 0 Å². The molecule has 1 aliphatic heterocycles. The van der Waals surface area contributed by atoms with E-state index in [1.165, 1.54) is 4.43 Å². The molecule has 1 rings (SSSR count). The average Bonchev–Trinajstić information content (AvgIpc) is 2.69. The lowest BCUT2D eigenvalue weighted by atomic mass is 10.6. The second-order valence-corrected chi connectivity index (χ2v) is 3.78. The maximum Gasteiger partial charge on any atom is 0.125 e. The van der Waals surface area contributed by atoms with Crippen LogP contribution in [0.25, 0.3) is 0 Å². The molecule has 4 heteroatoms. The molecule has 0 bridgehead atoms. The molecule has 0 aromatic heterocycles. The van der Waals surface area contributed by atoms with Gasteiger partial charge in [0.1, 0.15) is 12.5 Å². The third-order valence-corrected chi connectivity index (χ3v) is 2.29.